The second-order valence-electron chi connectivity index (χ2n) is 3.92. The molecule has 1 unspecified atom stereocenters. The van der Waals surface area contributed by atoms with Crippen molar-refractivity contribution in [2.45, 2.75) is 6.04 Å². The van der Waals surface area contributed by atoms with Crippen LogP contribution in [0.15, 0.2) is 24.3 Å². The van der Waals surface area contributed by atoms with Crippen LogP contribution in [-0.2, 0) is 4.74 Å². The highest BCUT2D eigenvalue weighted by Gasteiger charge is 2.22. The maximum Gasteiger partial charge on any atom is 0.124 e. The number of nitriles is 2. The van der Waals surface area contributed by atoms with Crippen molar-refractivity contribution in [3.8, 4) is 12.1 Å². The van der Waals surface area contributed by atoms with E-state index < -0.39 is 0 Å². The van der Waals surface area contributed by atoms with E-state index in [0.717, 1.165) is 18.7 Å². The minimum Gasteiger partial charge on any atom is -0.379 e. The van der Waals surface area contributed by atoms with Crippen molar-refractivity contribution in [1.29, 1.82) is 10.5 Å². The number of morpholine rings is 1. The van der Waals surface area contributed by atoms with Gasteiger partial charge in [-0.05, 0) is 17.7 Å². The van der Waals surface area contributed by atoms with Gasteiger partial charge >= 0.3 is 0 Å². The van der Waals surface area contributed by atoms with E-state index in [0.29, 0.717) is 18.8 Å². The molecule has 1 aromatic carbocycles. The summed E-state index contributed by atoms with van der Waals surface area (Å²) in [5, 5.41) is 18.1. The van der Waals surface area contributed by atoms with Crippen molar-refractivity contribution in [3.63, 3.8) is 0 Å². The molecule has 17 heavy (non-hydrogen) atoms. The summed E-state index contributed by atoms with van der Waals surface area (Å²) in [7, 11) is 0. The van der Waals surface area contributed by atoms with Crippen LogP contribution in [0.4, 0.5) is 0 Å². The molecule has 0 bridgehead atoms. The Bertz CT molecular complexity index is 466. The first-order chi connectivity index (χ1) is 8.35. The highest BCUT2D eigenvalue weighted by molar-refractivity contribution is 5.36. The lowest BCUT2D eigenvalue weighted by molar-refractivity contribution is 0.0266. The molecule has 4 heteroatoms. The molecule has 0 aromatic heterocycles. The largest absolute Gasteiger partial charge is 0.379 e. The third kappa shape index (κ3) is 2.62. The Morgan fingerprint density at radius 2 is 2.00 bits per heavy atom. The average Bonchev–Trinajstić information content (AvgIpc) is 2.41. The van der Waals surface area contributed by atoms with E-state index >= 15 is 0 Å². The molecule has 0 N–H and O–H groups in total. The van der Waals surface area contributed by atoms with E-state index in [-0.39, 0.29) is 6.04 Å². The van der Waals surface area contributed by atoms with Crippen molar-refractivity contribution in [1.82, 2.24) is 4.90 Å². The summed E-state index contributed by atoms with van der Waals surface area (Å²) in [5.41, 5.74) is 1.48. The summed E-state index contributed by atoms with van der Waals surface area (Å²) < 4.78 is 5.27. The zero-order valence-electron chi connectivity index (χ0n) is 9.47. The first-order valence-corrected chi connectivity index (χ1v) is 5.56. The molecule has 0 saturated carbocycles. The molecule has 0 radical (unpaired) electrons. The molecule has 1 aromatic rings. The molecule has 1 aliphatic rings. The number of ether oxygens (including phenoxy) is 1. The Hall–Kier alpha value is -1.88. The fourth-order valence-corrected chi connectivity index (χ4v) is 1.98. The minimum atomic E-state index is -0.285. The quantitative estimate of drug-likeness (QED) is 0.767. The van der Waals surface area contributed by atoms with Gasteiger partial charge in [0.25, 0.3) is 0 Å². The topological polar surface area (TPSA) is 60.0 Å². The van der Waals surface area contributed by atoms with Crippen LogP contribution in [0.1, 0.15) is 17.2 Å². The molecular formula is C13H13N3O. The normalized spacial score (nSPS) is 18.0. The molecule has 1 aliphatic heterocycles. The third-order valence-corrected chi connectivity index (χ3v) is 2.86. The van der Waals surface area contributed by atoms with Crippen molar-refractivity contribution in [2.75, 3.05) is 26.3 Å². The van der Waals surface area contributed by atoms with Crippen LogP contribution in [0.3, 0.4) is 0 Å². The van der Waals surface area contributed by atoms with E-state index in [4.69, 9.17) is 10.00 Å². The van der Waals surface area contributed by atoms with Crippen LogP contribution in [0, 0.1) is 22.7 Å². The SMILES string of the molecule is N#Cc1cccc(C(C#N)N2CCOCC2)c1. The number of hydrogen-bond donors (Lipinski definition) is 0. The van der Waals surface area contributed by atoms with E-state index in [1.54, 1.807) is 12.1 Å². The fraction of sp³-hybridized carbons (Fsp3) is 0.385. The lowest BCUT2D eigenvalue weighted by Gasteiger charge is -2.30. The van der Waals surface area contributed by atoms with Crippen molar-refractivity contribution in [3.05, 3.63) is 35.4 Å². The predicted octanol–water partition coefficient (Wildman–Crippen LogP) is 1.46. The van der Waals surface area contributed by atoms with Gasteiger partial charge in [0.2, 0.25) is 0 Å². The van der Waals surface area contributed by atoms with Gasteiger partial charge in [0.1, 0.15) is 6.04 Å². The van der Waals surface area contributed by atoms with E-state index in [2.05, 4.69) is 17.0 Å². The van der Waals surface area contributed by atoms with Crippen LogP contribution in [0.25, 0.3) is 0 Å². The Kier molecular flexibility index (Phi) is 3.72. The Labute approximate surface area is 101 Å². The van der Waals surface area contributed by atoms with Gasteiger partial charge in [-0.25, -0.2) is 0 Å². The van der Waals surface area contributed by atoms with Gasteiger partial charge in [-0.15, -0.1) is 0 Å². The maximum absolute atomic E-state index is 9.28. The van der Waals surface area contributed by atoms with Crippen molar-refractivity contribution < 1.29 is 4.74 Å². The first kappa shape index (κ1) is 11.6. The zero-order chi connectivity index (χ0) is 12.1. The molecule has 1 fully saturated rings. The second kappa shape index (κ2) is 5.45. The van der Waals surface area contributed by atoms with Crippen LogP contribution >= 0.6 is 0 Å². The molecule has 86 valence electrons. The van der Waals surface area contributed by atoms with Crippen LogP contribution in [0.2, 0.25) is 0 Å². The summed E-state index contributed by atoms with van der Waals surface area (Å²) in [6.07, 6.45) is 0. The molecular weight excluding hydrogens is 214 g/mol. The van der Waals surface area contributed by atoms with Gasteiger partial charge in [-0.3, -0.25) is 4.90 Å². The molecule has 1 atom stereocenters. The Morgan fingerprint density at radius 1 is 1.24 bits per heavy atom. The van der Waals surface area contributed by atoms with Crippen LogP contribution < -0.4 is 0 Å². The molecule has 1 heterocycles. The number of hydrogen-bond acceptors (Lipinski definition) is 4. The third-order valence-electron chi connectivity index (χ3n) is 2.86. The monoisotopic (exact) mass is 227 g/mol. The highest BCUT2D eigenvalue weighted by atomic mass is 16.5. The standard InChI is InChI=1S/C13H13N3O/c14-9-11-2-1-3-12(8-11)13(10-15)16-4-6-17-7-5-16/h1-3,8,13H,4-7H2. The lowest BCUT2D eigenvalue weighted by Crippen LogP contribution is -2.38. The van der Waals surface area contributed by atoms with Gasteiger partial charge in [0, 0.05) is 13.1 Å². The van der Waals surface area contributed by atoms with Crippen molar-refractivity contribution in [2.24, 2.45) is 0 Å². The highest BCUT2D eigenvalue weighted by Crippen LogP contribution is 2.21. The van der Waals surface area contributed by atoms with Gasteiger partial charge in [0.05, 0.1) is 30.9 Å². The van der Waals surface area contributed by atoms with Crippen LogP contribution in [-0.4, -0.2) is 31.2 Å². The Morgan fingerprint density at radius 3 is 2.65 bits per heavy atom. The molecule has 0 amide bonds. The second-order valence-corrected chi connectivity index (χ2v) is 3.92. The molecule has 1 saturated heterocycles. The van der Waals surface area contributed by atoms with E-state index in [1.807, 2.05) is 12.1 Å². The molecule has 0 spiro atoms. The molecule has 0 aliphatic carbocycles. The molecule has 4 nitrogen and oxygen atoms in total. The van der Waals surface area contributed by atoms with E-state index in [9.17, 15) is 5.26 Å². The lowest BCUT2D eigenvalue weighted by atomic mass is 10.0. The smallest absolute Gasteiger partial charge is 0.124 e. The zero-order valence-corrected chi connectivity index (χ0v) is 9.47. The Balaban J connectivity index is 2.22. The summed E-state index contributed by atoms with van der Waals surface area (Å²) >= 11 is 0. The van der Waals surface area contributed by atoms with Gasteiger partial charge in [-0.2, -0.15) is 10.5 Å². The predicted molar refractivity (Wildman–Crippen MR) is 61.9 cm³/mol. The maximum atomic E-state index is 9.28. The molecule has 2 rings (SSSR count). The summed E-state index contributed by atoms with van der Waals surface area (Å²) in [6, 6.07) is 11.4. The van der Waals surface area contributed by atoms with Gasteiger partial charge in [-0.1, -0.05) is 12.1 Å². The first-order valence-electron chi connectivity index (χ1n) is 5.56. The minimum absolute atomic E-state index is 0.285. The number of benzene rings is 1. The number of nitrogens with zero attached hydrogens (tertiary/aromatic N) is 3. The van der Waals surface area contributed by atoms with Crippen LogP contribution in [0.5, 0.6) is 0 Å². The summed E-state index contributed by atoms with van der Waals surface area (Å²) in [6.45, 7) is 2.84. The summed E-state index contributed by atoms with van der Waals surface area (Å²) in [4.78, 5) is 2.08. The van der Waals surface area contributed by atoms with E-state index in [1.165, 1.54) is 0 Å². The van der Waals surface area contributed by atoms with Gasteiger partial charge in [0.15, 0.2) is 0 Å². The average molecular weight is 227 g/mol. The number of rotatable bonds is 2. The van der Waals surface area contributed by atoms with Crippen molar-refractivity contribution >= 4 is 0 Å². The summed E-state index contributed by atoms with van der Waals surface area (Å²) in [5.74, 6) is 0. The fourth-order valence-electron chi connectivity index (χ4n) is 1.98. The van der Waals surface area contributed by atoms with Gasteiger partial charge < -0.3 is 4.74 Å².